The zero-order valence-corrected chi connectivity index (χ0v) is 15.5. The molecule has 1 aliphatic heterocycles. The molecular formula is C18H36O5. The second kappa shape index (κ2) is 12.2. The van der Waals surface area contributed by atoms with E-state index in [9.17, 15) is 0 Å². The Balaban J connectivity index is 2.35. The third-order valence-corrected chi connectivity index (χ3v) is 4.56. The van der Waals surface area contributed by atoms with Crippen LogP contribution in [0.3, 0.4) is 0 Å². The number of epoxide rings is 1. The number of hydrogen-bond acceptors (Lipinski definition) is 5. The highest BCUT2D eigenvalue weighted by Gasteiger charge is 2.39. The SMILES string of the molecule is CCCCCCCC(CCCOCC1CO1)C(OC)(OC)OC. The fourth-order valence-corrected chi connectivity index (χ4v) is 3.05. The summed E-state index contributed by atoms with van der Waals surface area (Å²) in [6.45, 7) is 4.55. The van der Waals surface area contributed by atoms with Crippen molar-refractivity contribution < 1.29 is 23.7 Å². The Hall–Kier alpha value is -0.200. The van der Waals surface area contributed by atoms with Gasteiger partial charge >= 0.3 is 0 Å². The highest BCUT2D eigenvalue weighted by atomic mass is 16.9. The standard InChI is InChI=1S/C18H36O5/c1-5-6-7-8-9-11-16(18(19-2,20-3)21-4)12-10-13-22-14-17-15-23-17/h16-17H,5-15H2,1-4H3. The van der Waals surface area contributed by atoms with Gasteiger partial charge in [-0.05, 0) is 19.3 Å². The van der Waals surface area contributed by atoms with Gasteiger partial charge in [-0.15, -0.1) is 0 Å². The van der Waals surface area contributed by atoms with Crippen LogP contribution in [0.4, 0.5) is 0 Å². The first-order chi connectivity index (χ1) is 11.2. The minimum atomic E-state index is -0.940. The molecule has 0 saturated carbocycles. The minimum Gasteiger partial charge on any atom is -0.379 e. The van der Waals surface area contributed by atoms with Gasteiger partial charge in [0.25, 0.3) is 5.97 Å². The van der Waals surface area contributed by atoms with Gasteiger partial charge in [-0.2, -0.15) is 0 Å². The lowest BCUT2D eigenvalue weighted by Crippen LogP contribution is -2.44. The topological polar surface area (TPSA) is 49.5 Å². The molecule has 0 bridgehead atoms. The third kappa shape index (κ3) is 7.94. The molecule has 1 aliphatic rings. The van der Waals surface area contributed by atoms with Crippen LogP contribution >= 0.6 is 0 Å². The van der Waals surface area contributed by atoms with Gasteiger partial charge < -0.3 is 23.7 Å². The first kappa shape index (κ1) is 20.8. The molecular weight excluding hydrogens is 296 g/mol. The van der Waals surface area contributed by atoms with E-state index in [-0.39, 0.29) is 5.92 Å². The number of hydrogen-bond donors (Lipinski definition) is 0. The molecule has 1 fully saturated rings. The van der Waals surface area contributed by atoms with E-state index < -0.39 is 5.97 Å². The molecule has 2 unspecified atom stereocenters. The predicted molar refractivity (Wildman–Crippen MR) is 90.4 cm³/mol. The van der Waals surface area contributed by atoms with Crippen LogP contribution in [0.2, 0.25) is 0 Å². The molecule has 2 atom stereocenters. The number of unbranched alkanes of at least 4 members (excludes halogenated alkanes) is 4. The van der Waals surface area contributed by atoms with Crippen LogP contribution in [0.1, 0.15) is 58.3 Å². The molecule has 0 aromatic carbocycles. The van der Waals surface area contributed by atoms with Crippen molar-refractivity contribution in [3.8, 4) is 0 Å². The summed E-state index contributed by atoms with van der Waals surface area (Å²) in [5, 5.41) is 0. The Bertz CT molecular complexity index is 268. The van der Waals surface area contributed by atoms with Gasteiger partial charge in [0.05, 0.1) is 13.2 Å². The van der Waals surface area contributed by atoms with Crippen LogP contribution in [-0.2, 0) is 23.7 Å². The van der Waals surface area contributed by atoms with Gasteiger partial charge in [0, 0.05) is 33.9 Å². The van der Waals surface area contributed by atoms with Crippen LogP contribution in [0.15, 0.2) is 0 Å². The van der Waals surface area contributed by atoms with Gasteiger partial charge in [0.1, 0.15) is 6.10 Å². The lowest BCUT2D eigenvalue weighted by molar-refractivity contribution is -0.380. The van der Waals surface area contributed by atoms with Crippen LogP contribution in [0.5, 0.6) is 0 Å². The smallest absolute Gasteiger partial charge is 0.285 e. The van der Waals surface area contributed by atoms with Gasteiger partial charge in [-0.1, -0.05) is 39.0 Å². The lowest BCUT2D eigenvalue weighted by Gasteiger charge is -2.36. The molecule has 0 amide bonds. The highest BCUT2D eigenvalue weighted by molar-refractivity contribution is 4.72. The zero-order chi connectivity index (χ0) is 17.0. The maximum absolute atomic E-state index is 5.63. The molecule has 1 rings (SSSR count). The van der Waals surface area contributed by atoms with Crippen molar-refractivity contribution in [1.29, 1.82) is 0 Å². The number of rotatable bonds is 16. The van der Waals surface area contributed by atoms with E-state index in [1.54, 1.807) is 21.3 Å². The normalized spacial score (nSPS) is 19.0. The van der Waals surface area contributed by atoms with E-state index in [1.807, 2.05) is 0 Å². The first-order valence-electron chi connectivity index (χ1n) is 9.07. The monoisotopic (exact) mass is 332 g/mol. The summed E-state index contributed by atoms with van der Waals surface area (Å²) in [6.07, 6.45) is 9.64. The van der Waals surface area contributed by atoms with Crippen LogP contribution in [0, 0.1) is 5.92 Å². The van der Waals surface area contributed by atoms with Crippen molar-refractivity contribution in [1.82, 2.24) is 0 Å². The summed E-state index contributed by atoms with van der Waals surface area (Å²) < 4.78 is 27.5. The lowest BCUT2D eigenvalue weighted by atomic mass is 9.93. The second-order valence-corrected chi connectivity index (χ2v) is 6.29. The molecule has 0 radical (unpaired) electrons. The van der Waals surface area contributed by atoms with E-state index >= 15 is 0 Å². The Morgan fingerprint density at radius 1 is 0.957 bits per heavy atom. The summed E-state index contributed by atoms with van der Waals surface area (Å²) in [4.78, 5) is 0. The molecule has 0 aliphatic carbocycles. The molecule has 0 spiro atoms. The van der Waals surface area contributed by atoms with Crippen LogP contribution in [0.25, 0.3) is 0 Å². The predicted octanol–water partition coefficient (Wildman–Crippen LogP) is 3.75. The number of methoxy groups -OCH3 is 3. The minimum absolute atomic E-state index is 0.213. The summed E-state index contributed by atoms with van der Waals surface area (Å²) in [6, 6.07) is 0. The Labute approximate surface area is 142 Å². The molecule has 0 aromatic heterocycles. The van der Waals surface area contributed by atoms with Crippen molar-refractivity contribution in [3.05, 3.63) is 0 Å². The van der Waals surface area contributed by atoms with Crippen molar-refractivity contribution in [2.24, 2.45) is 5.92 Å². The third-order valence-electron chi connectivity index (χ3n) is 4.56. The Morgan fingerprint density at radius 3 is 2.13 bits per heavy atom. The fraction of sp³-hybridized carbons (Fsp3) is 1.00. The highest BCUT2D eigenvalue weighted by Crippen LogP contribution is 2.32. The van der Waals surface area contributed by atoms with Crippen molar-refractivity contribution >= 4 is 0 Å². The largest absolute Gasteiger partial charge is 0.379 e. The molecule has 1 saturated heterocycles. The van der Waals surface area contributed by atoms with Gasteiger partial charge in [0.2, 0.25) is 0 Å². The molecule has 0 aromatic rings. The van der Waals surface area contributed by atoms with E-state index in [4.69, 9.17) is 23.7 Å². The van der Waals surface area contributed by atoms with Crippen molar-refractivity contribution in [3.63, 3.8) is 0 Å². The van der Waals surface area contributed by atoms with Gasteiger partial charge in [-0.25, -0.2) is 0 Å². The summed E-state index contributed by atoms with van der Waals surface area (Å²) in [5.74, 6) is -0.727. The summed E-state index contributed by atoms with van der Waals surface area (Å²) in [5.41, 5.74) is 0. The maximum Gasteiger partial charge on any atom is 0.285 e. The van der Waals surface area contributed by atoms with Crippen LogP contribution < -0.4 is 0 Å². The molecule has 5 nitrogen and oxygen atoms in total. The van der Waals surface area contributed by atoms with E-state index in [0.29, 0.717) is 12.7 Å². The van der Waals surface area contributed by atoms with E-state index in [2.05, 4.69) is 6.92 Å². The van der Waals surface area contributed by atoms with E-state index in [1.165, 1.54) is 32.1 Å². The van der Waals surface area contributed by atoms with Crippen LogP contribution in [-0.4, -0.2) is 53.2 Å². The Morgan fingerprint density at radius 2 is 1.57 bits per heavy atom. The van der Waals surface area contributed by atoms with E-state index in [0.717, 1.165) is 32.5 Å². The van der Waals surface area contributed by atoms with Crippen molar-refractivity contribution in [2.45, 2.75) is 70.4 Å². The molecule has 138 valence electrons. The quantitative estimate of drug-likeness (QED) is 0.245. The summed E-state index contributed by atoms with van der Waals surface area (Å²) in [7, 11) is 4.95. The fourth-order valence-electron chi connectivity index (χ4n) is 3.05. The molecule has 5 heteroatoms. The number of ether oxygens (including phenoxy) is 5. The summed E-state index contributed by atoms with van der Waals surface area (Å²) >= 11 is 0. The second-order valence-electron chi connectivity index (χ2n) is 6.29. The average molecular weight is 332 g/mol. The first-order valence-corrected chi connectivity index (χ1v) is 9.07. The average Bonchev–Trinajstić information content (AvgIpc) is 3.40. The zero-order valence-electron chi connectivity index (χ0n) is 15.5. The van der Waals surface area contributed by atoms with Crippen molar-refractivity contribution in [2.75, 3.05) is 41.2 Å². The van der Waals surface area contributed by atoms with Gasteiger partial charge in [0.15, 0.2) is 0 Å². The molecule has 23 heavy (non-hydrogen) atoms. The molecule has 1 heterocycles. The molecule has 0 N–H and O–H groups in total. The van der Waals surface area contributed by atoms with Gasteiger partial charge in [-0.3, -0.25) is 0 Å². The Kier molecular flexibility index (Phi) is 11.1. The maximum atomic E-state index is 5.63.